The molecule has 30 heavy (non-hydrogen) atoms. The summed E-state index contributed by atoms with van der Waals surface area (Å²) >= 11 is 0. The molecule has 0 unspecified atom stereocenters. The van der Waals surface area contributed by atoms with E-state index < -0.39 is 0 Å². The smallest absolute Gasteiger partial charge is 0.193 e. The summed E-state index contributed by atoms with van der Waals surface area (Å²) in [6, 6.07) is 30.1. The zero-order valence-corrected chi connectivity index (χ0v) is 16.5. The predicted octanol–water partition coefficient (Wildman–Crippen LogP) is 5.79. The maximum atomic E-state index is 12.9. The third-order valence-corrected chi connectivity index (χ3v) is 5.60. The average Bonchev–Trinajstić information content (AvgIpc) is 3.10. The van der Waals surface area contributed by atoms with Crippen LogP contribution in [0.2, 0.25) is 0 Å². The summed E-state index contributed by atoms with van der Waals surface area (Å²) in [7, 11) is 2.00. The van der Waals surface area contributed by atoms with Gasteiger partial charge in [0.05, 0.1) is 0 Å². The second-order valence-electron chi connectivity index (χ2n) is 7.41. The van der Waals surface area contributed by atoms with Crippen molar-refractivity contribution >= 4 is 33.4 Å². The Morgan fingerprint density at radius 3 is 1.33 bits per heavy atom. The number of carbonyl (C=O) groups excluding carboxylic acids is 2. The minimum atomic E-state index is -0.00832. The van der Waals surface area contributed by atoms with Gasteiger partial charge in [-0.25, -0.2) is 0 Å². The predicted molar refractivity (Wildman–Crippen MR) is 120 cm³/mol. The highest BCUT2D eigenvalue weighted by molar-refractivity contribution is 6.17. The standard InChI is InChI=1S/C27H19NO2/c1-28-24-14-12-20(26(29)18-8-4-2-5-9-18)16-22(24)23-17-21(13-15-25(23)28)27(30)19-10-6-3-7-11-19/h2-17H,1H3. The Morgan fingerprint density at radius 2 is 0.933 bits per heavy atom. The number of aromatic nitrogens is 1. The van der Waals surface area contributed by atoms with Crippen LogP contribution in [-0.2, 0) is 7.05 Å². The van der Waals surface area contributed by atoms with Crippen LogP contribution in [-0.4, -0.2) is 16.1 Å². The lowest BCUT2D eigenvalue weighted by Gasteiger charge is -2.03. The van der Waals surface area contributed by atoms with Crippen molar-refractivity contribution in [3.05, 3.63) is 119 Å². The van der Waals surface area contributed by atoms with Gasteiger partial charge in [0, 0.05) is 51.1 Å². The van der Waals surface area contributed by atoms with Gasteiger partial charge in [-0.2, -0.15) is 0 Å². The summed E-state index contributed by atoms with van der Waals surface area (Å²) in [5, 5.41) is 1.94. The van der Waals surface area contributed by atoms with E-state index in [0.717, 1.165) is 21.8 Å². The average molecular weight is 389 g/mol. The number of hydrogen-bond donors (Lipinski definition) is 0. The fourth-order valence-corrected chi connectivity index (χ4v) is 4.01. The van der Waals surface area contributed by atoms with Crippen molar-refractivity contribution < 1.29 is 9.59 Å². The van der Waals surface area contributed by atoms with Gasteiger partial charge in [-0.1, -0.05) is 60.7 Å². The van der Waals surface area contributed by atoms with Gasteiger partial charge in [0.2, 0.25) is 0 Å². The Hall–Kier alpha value is -3.98. The second-order valence-corrected chi connectivity index (χ2v) is 7.41. The fraction of sp³-hybridized carbons (Fsp3) is 0.0370. The van der Waals surface area contributed by atoms with E-state index in [1.807, 2.05) is 104 Å². The molecular weight excluding hydrogens is 370 g/mol. The molecule has 5 rings (SSSR count). The van der Waals surface area contributed by atoms with Crippen LogP contribution in [0.25, 0.3) is 21.8 Å². The molecule has 144 valence electrons. The molecule has 0 saturated carbocycles. The molecule has 1 heterocycles. The van der Waals surface area contributed by atoms with E-state index in [4.69, 9.17) is 0 Å². The van der Waals surface area contributed by atoms with Crippen molar-refractivity contribution in [3.8, 4) is 0 Å². The molecule has 0 fully saturated rings. The third-order valence-electron chi connectivity index (χ3n) is 5.60. The van der Waals surface area contributed by atoms with E-state index in [2.05, 4.69) is 4.57 Å². The molecule has 4 aromatic carbocycles. The molecule has 0 spiro atoms. The molecule has 3 nitrogen and oxygen atoms in total. The number of benzene rings is 4. The van der Waals surface area contributed by atoms with Crippen LogP contribution in [0.5, 0.6) is 0 Å². The van der Waals surface area contributed by atoms with Crippen molar-refractivity contribution in [3.63, 3.8) is 0 Å². The summed E-state index contributed by atoms with van der Waals surface area (Å²) in [4.78, 5) is 25.9. The minimum absolute atomic E-state index is 0.00832. The van der Waals surface area contributed by atoms with E-state index in [-0.39, 0.29) is 11.6 Å². The lowest BCUT2D eigenvalue weighted by atomic mass is 9.99. The topological polar surface area (TPSA) is 39.1 Å². The summed E-state index contributed by atoms with van der Waals surface area (Å²) in [5.41, 5.74) is 4.66. The molecule has 0 bridgehead atoms. The Balaban J connectivity index is 1.66. The molecule has 0 amide bonds. The number of rotatable bonds is 4. The Kier molecular flexibility index (Phi) is 4.29. The van der Waals surface area contributed by atoms with Gasteiger partial charge in [-0.15, -0.1) is 0 Å². The first kappa shape index (κ1) is 18.1. The van der Waals surface area contributed by atoms with Crippen LogP contribution in [0.1, 0.15) is 31.8 Å². The molecular formula is C27H19NO2. The van der Waals surface area contributed by atoms with E-state index in [9.17, 15) is 9.59 Å². The van der Waals surface area contributed by atoms with Gasteiger partial charge in [-0.3, -0.25) is 9.59 Å². The molecule has 3 heteroatoms. The minimum Gasteiger partial charge on any atom is -0.344 e. The quantitative estimate of drug-likeness (QED) is 0.365. The number of ketones is 2. The van der Waals surface area contributed by atoms with Crippen molar-refractivity contribution in [1.29, 1.82) is 0 Å². The summed E-state index contributed by atoms with van der Waals surface area (Å²) < 4.78 is 2.10. The molecule has 0 aliphatic carbocycles. The van der Waals surface area contributed by atoms with Crippen LogP contribution >= 0.6 is 0 Å². The normalized spacial score (nSPS) is 11.1. The van der Waals surface area contributed by atoms with E-state index in [1.165, 1.54) is 0 Å². The van der Waals surface area contributed by atoms with Crippen LogP contribution in [0.4, 0.5) is 0 Å². The number of aryl methyl sites for hydroxylation is 1. The second kappa shape index (κ2) is 7.12. The van der Waals surface area contributed by atoms with Gasteiger partial charge >= 0.3 is 0 Å². The SMILES string of the molecule is Cn1c2ccc(C(=O)c3ccccc3)cc2c2cc(C(=O)c3ccccc3)ccc21. The van der Waals surface area contributed by atoms with Crippen LogP contribution < -0.4 is 0 Å². The molecule has 0 N–H and O–H groups in total. The van der Waals surface area contributed by atoms with E-state index in [0.29, 0.717) is 22.3 Å². The number of fused-ring (bicyclic) bond motifs is 3. The maximum Gasteiger partial charge on any atom is 0.193 e. The first-order valence-corrected chi connectivity index (χ1v) is 9.85. The number of hydrogen-bond acceptors (Lipinski definition) is 2. The summed E-state index contributed by atoms with van der Waals surface area (Å²) in [5.74, 6) is -0.0166. The van der Waals surface area contributed by atoms with Gasteiger partial charge < -0.3 is 4.57 Å². The fourth-order valence-electron chi connectivity index (χ4n) is 4.01. The van der Waals surface area contributed by atoms with Crippen molar-refractivity contribution in [2.75, 3.05) is 0 Å². The Labute approximate surface area is 174 Å². The number of carbonyl (C=O) groups is 2. The van der Waals surface area contributed by atoms with Crippen LogP contribution in [0.3, 0.4) is 0 Å². The van der Waals surface area contributed by atoms with Gasteiger partial charge in [0.1, 0.15) is 0 Å². The Bertz CT molecular complexity index is 1300. The van der Waals surface area contributed by atoms with Gasteiger partial charge in [0.25, 0.3) is 0 Å². The van der Waals surface area contributed by atoms with Gasteiger partial charge in [0.15, 0.2) is 11.6 Å². The van der Waals surface area contributed by atoms with E-state index in [1.54, 1.807) is 0 Å². The number of nitrogens with zero attached hydrogens (tertiary/aromatic N) is 1. The zero-order valence-electron chi connectivity index (χ0n) is 16.5. The largest absolute Gasteiger partial charge is 0.344 e. The summed E-state index contributed by atoms with van der Waals surface area (Å²) in [6.07, 6.45) is 0. The lowest BCUT2D eigenvalue weighted by Crippen LogP contribution is -2.01. The monoisotopic (exact) mass is 389 g/mol. The van der Waals surface area contributed by atoms with Crippen molar-refractivity contribution in [2.45, 2.75) is 0 Å². The van der Waals surface area contributed by atoms with Crippen molar-refractivity contribution in [2.24, 2.45) is 7.05 Å². The van der Waals surface area contributed by atoms with Crippen LogP contribution in [0, 0.1) is 0 Å². The zero-order chi connectivity index (χ0) is 20.7. The lowest BCUT2D eigenvalue weighted by molar-refractivity contribution is 0.103. The maximum absolute atomic E-state index is 12.9. The van der Waals surface area contributed by atoms with Gasteiger partial charge in [-0.05, 0) is 36.4 Å². The highest BCUT2D eigenvalue weighted by Crippen LogP contribution is 2.31. The highest BCUT2D eigenvalue weighted by atomic mass is 16.1. The molecule has 0 saturated heterocycles. The van der Waals surface area contributed by atoms with Crippen molar-refractivity contribution in [1.82, 2.24) is 4.57 Å². The molecule has 1 aromatic heterocycles. The molecule has 0 aliphatic heterocycles. The Morgan fingerprint density at radius 1 is 0.533 bits per heavy atom. The first-order chi connectivity index (χ1) is 14.6. The first-order valence-electron chi connectivity index (χ1n) is 9.85. The third kappa shape index (κ3) is 2.92. The molecule has 0 radical (unpaired) electrons. The van der Waals surface area contributed by atoms with Crippen LogP contribution in [0.15, 0.2) is 97.1 Å². The molecule has 5 aromatic rings. The molecule has 0 aliphatic rings. The highest BCUT2D eigenvalue weighted by Gasteiger charge is 2.16. The molecule has 0 atom stereocenters. The summed E-state index contributed by atoms with van der Waals surface area (Å²) in [6.45, 7) is 0. The van der Waals surface area contributed by atoms with E-state index >= 15 is 0 Å².